The van der Waals surface area contributed by atoms with Crippen molar-refractivity contribution in [2.24, 2.45) is 0 Å². The molecule has 1 saturated heterocycles. The summed E-state index contributed by atoms with van der Waals surface area (Å²) >= 11 is 1.93. The minimum Gasteiger partial charge on any atom is -0.396 e. The normalized spacial score (nSPS) is 20.5. The van der Waals surface area contributed by atoms with Crippen molar-refractivity contribution >= 4 is 11.8 Å². The highest BCUT2D eigenvalue weighted by Crippen LogP contribution is 2.18. The Morgan fingerprint density at radius 2 is 2.17 bits per heavy atom. The van der Waals surface area contributed by atoms with Crippen LogP contribution < -0.4 is 5.32 Å². The van der Waals surface area contributed by atoms with Crippen molar-refractivity contribution in [3.8, 4) is 0 Å². The van der Waals surface area contributed by atoms with Gasteiger partial charge in [0, 0.05) is 30.2 Å². The number of hydrogen-bond donors (Lipinski definition) is 3. The molecule has 0 aromatic carbocycles. The summed E-state index contributed by atoms with van der Waals surface area (Å²) in [6, 6.07) is 0.772. The molecule has 1 fully saturated rings. The van der Waals surface area contributed by atoms with E-state index < -0.39 is 0 Å². The second kappa shape index (κ2) is 5.80. The minimum atomic E-state index is 0.182. The van der Waals surface area contributed by atoms with Gasteiger partial charge in [-0.05, 0) is 12.8 Å². The van der Waals surface area contributed by atoms with Crippen LogP contribution in [0.4, 0.5) is 0 Å². The summed E-state index contributed by atoms with van der Waals surface area (Å²) in [6.07, 6.45) is 1.65. The van der Waals surface area contributed by atoms with Crippen LogP contribution in [0.25, 0.3) is 0 Å². The molecule has 0 aromatic heterocycles. The van der Waals surface area contributed by atoms with Gasteiger partial charge in [0.15, 0.2) is 0 Å². The SMILES string of the molecule is OCCCC(CO)NC1CSC1. The van der Waals surface area contributed by atoms with Gasteiger partial charge < -0.3 is 15.5 Å². The average Bonchev–Trinajstić information content (AvgIpc) is 2.02. The van der Waals surface area contributed by atoms with Crippen LogP contribution in [0.2, 0.25) is 0 Å². The van der Waals surface area contributed by atoms with Crippen molar-refractivity contribution in [1.82, 2.24) is 5.32 Å². The zero-order chi connectivity index (χ0) is 8.81. The van der Waals surface area contributed by atoms with Gasteiger partial charge in [-0.2, -0.15) is 11.8 Å². The number of aliphatic hydroxyl groups is 2. The molecule has 72 valence electrons. The predicted octanol–water partition coefficient (Wildman–Crippen LogP) is -0.175. The Balaban J connectivity index is 2.06. The third-order valence-corrected chi connectivity index (χ3v) is 3.32. The monoisotopic (exact) mass is 191 g/mol. The fourth-order valence-corrected chi connectivity index (χ4v) is 1.89. The van der Waals surface area contributed by atoms with Crippen LogP contribution >= 0.6 is 11.8 Å². The zero-order valence-electron chi connectivity index (χ0n) is 7.20. The minimum absolute atomic E-state index is 0.182. The highest BCUT2D eigenvalue weighted by Gasteiger charge is 2.20. The molecular weight excluding hydrogens is 174 g/mol. The Morgan fingerprint density at radius 1 is 1.42 bits per heavy atom. The molecule has 1 rings (SSSR count). The predicted molar refractivity (Wildman–Crippen MR) is 51.4 cm³/mol. The van der Waals surface area contributed by atoms with Gasteiger partial charge in [-0.1, -0.05) is 0 Å². The van der Waals surface area contributed by atoms with E-state index in [1.165, 1.54) is 0 Å². The molecule has 4 heteroatoms. The fourth-order valence-electron chi connectivity index (χ4n) is 1.23. The van der Waals surface area contributed by atoms with E-state index in [9.17, 15) is 0 Å². The van der Waals surface area contributed by atoms with Crippen molar-refractivity contribution < 1.29 is 10.2 Å². The Labute approximate surface area is 77.5 Å². The maximum atomic E-state index is 8.97. The summed E-state index contributed by atoms with van der Waals surface area (Å²) in [6.45, 7) is 0.402. The molecule has 12 heavy (non-hydrogen) atoms. The average molecular weight is 191 g/mol. The highest BCUT2D eigenvalue weighted by atomic mass is 32.2. The van der Waals surface area contributed by atoms with E-state index in [-0.39, 0.29) is 19.3 Å². The Hall–Kier alpha value is 0.230. The molecule has 0 aromatic rings. The van der Waals surface area contributed by atoms with E-state index in [1.807, 2.05) is 11.8 Å². The molecule has 0 spiro atoms. The number of rotatable bonds is 6. The standard InChI is InChI=1S/C8H17NO2S/c10-3-1-2-7(4-11)9-8-5-12-6-8/h7-11H,1-6H2. The Morgan fingerprint density at radius 3 is 2.58 bits per heavy atom. The molecule has 3 N–H and O–H groups in total. The molecule has 0 amide bonds. The molecule has 0 saturated carbocycles. The van der Waals surface area contributed by atoms with Crippen molar-refractivity contribution in [2.75, 3.05) is 24.7 Å². The van der Waals surface area contributed by atoms with E-state index in [4.69, 9.17) is 10.2 Å². The summed E-state index contributed by atoms with van der Waals surface area (Å²) < 4.78 is 0. The fraction of sp³-hybridized carbons (Fsp3) is 1.00. The van der Waals surface area contributed by atoms with Crippen LogP contribution in [0.5, 0.6) is 0 Å². The van der Waals surface area contributed by atoms with Gasteiger partial charge in [-0.3, -0.25) is 0 Å². The van der Waals surface area contributed by atoms with E-state index in [2.05, 4.69) is 5.32 Å². The van der Waals surface area contributed by atoms with E-state index >= 15 is 0 Å². The van der Waals surface area contributed by atoms with Gasteiger partial charge in [0.05, 0.1) is 6.61 Å². The van der Waals surface area contributed by atoms with E-state index in [1.54, 1.807) is 0 Å². The Bertz CT molecular complexity index is 120. The first-order valence-electron chi connectivity index (χ1n) is 4.42. The van der Waals surface area contributed by atoms with Crippen LogP contribution in [0.3, 0.4) is 0 Å². The van der Waals surface area contributed by atoms with Crippen LogP contribution in [0, 0.1) is 0 Å². The van der Waals surface area contributed by atoms with Gasteiger partial charge in [-0.25, -0.2) is 0 Å². The lowest BCUT2D eigenvalue weighted by atomic mass is 10.1. The zero-order valence-corrected chi connectivity index (χ0v) is 8.02. The molecule has 0 bridgehead atoms. The van der Waals surface area contributed by atoms with Gasteiger partial charge in [-0.15, -0.1) is 0 Å². The lowest BCUT2D eigenvalue weighted by Gasteiger charge is -2.30. The first-order valence-corrected chi connectivity index (χ1v) is 5.57. The van der Waals surface area contributed by atoms with Crippen molar-refractivity contribution in [1.29, 1.82) is 0 Å². The van der Waals surface area contributed by atoms with E-state index in [0.29, 0.717) is 6.04 Å². The second-order valence-corrected chi connectivity index (χ2v) is 4.22. The van der Waals surface area contributed by atoms with Crippen LogP contribution in [-0.4, -0.2) is 47.0 Å². The Kier molecular flexibility index (Phi) is 4.99. The number of aliphatic hydroxyl groups excluding tert-OH is 2. The topological polar surface area (TPSA) is 52.5 Å². The molecular formula is C8H17NO2S. The first-order chi connectivity index (χ1) is 5.86. The highest BCUT2D eigenvalue weighted by molar-refractivity contribution is 8.00. The third kappa shape index (κ3) is 3.31. The summed E-state index contributed by atoms with van der Waals surface area (Å²) in [7, 11) is 0. The van der Waals surface area contributed by atoms with Crippen molar-refractivity contribution in [3.05, 3.63) is 0 Å². The maximum absolute atomic E-state index is 8.97. The molecule has 0 radical (unpaired) electrons. The number of thioether (sulfide) groups is 1. The maximum Gasteiger partial charge on any atom is 0.0584 e. The summed E-state index contributed by atoms with van der Waals surface area (Å²) in [4.78, 5) is 0. The van der Waals surface area contributed by atoms with Crippen LogP contribution in [0.1, 0.15) is 12.8 Å². The molecule has 3 nitrogen and oxygen atoms in total. The smallest absolute Gasteiger partial charge is 0.0584 e. The summed E-state index contributed by atoms with van der Waals surface area (Å²) in [5, 5.41) is 20.9. The van der Waals surface area contributed by atoms with Gasteiger partial charge >= 0.3 is 0 Å². The molecule has 1 unspecified atom stereocenters. The van der Waals surface area contributed by atoms with Crippen molar-refractivity contribution in [3.63, 3.8) is 0 Å². The molecule has 1 atom stereocenters. The largest absolute Gasteiger partial charge is 0.396 e. The molecule has 1 aliphatic heterocycles. The lowest BCUT2D eigenvalue weighted by Crippen LogP contribution is -2.47. The van der Waals surface area contributed by atoms with Gasteiger partial charge in [0.1, 0.15) is 0 Å². The first kappa shape index (κ1) is 10.3. The van der Waals surface area contributed by atoms with Gasteiger partial charge in [0.2, 0.25) is 0 Å². The van der Waals surface area contributed by atoms with Crippen LogP contribution in [0.15, 0.2) is 0 Å². The summed E-state index contributed by atoms with van der Waals surface area (Å²) in [5.74, 6) is 2.32. The number of nitrogens with one attached hydrogen (secondary N) is 1. The summed E-state index contributed by atoms with van der Waals surface area (Å²) in [5.41, 5.74) is 0. The molecule has 1 heterocycles. The molecule has 1 aliphatic rings. The second-order valence-electron chi connectivity index (χ2n) is 3.15. The number of hydrogen-bond acceptors (Lipinski definition) is 4. The van der Waals surface area contributed by atoms with Crippen LogP contribution in [-0.2, 0) is 0 Å². The van der Waals surface area contributed by atoms with Crippen molar-refractivity contribution in [2.45, 2.75) is 24.9 Å². The van der Waals surface area contributed by atoms with Gasteiger partial charge in [0.25, 0.3) is 0 Å². The molecule has 0 aliphatic carbocycles. The quantitative estimate of drug-likeness (QED) is 0.545. The van der Waals surface area contributed by atoms with E-state index in [0.717, 1.165) is 24.3 Å². The third-order valence-electron chi connectivity index (χ3n) is 2.04. The lowest BCUT2D eigenvalue weighted by molar-refractivity contribution is 0.211.